The van der Waals surface area contributed by atoms with Gasteiger partial charge in [-0.3, -0.25) is 4.68 Å². The van der Waals surface area contributed by atoms with Crippen molar-refractivity contribution in [2.24, 2.45) is 7.05 Å². The molecule has 2 aromatic rings. The summed E-state index contributed by atoms with van der Waals surface area (Å²) in [7, 11) is 5.97. The Morgan fingerprint density at radius 2 is 2.07 bits per heavy atom. The first-order chi connectivity index (χ1) is 6.59. The van der Waals surface area contributed by atoms with Crippen molar-refractivity contribution in [3.8, 4) is 0 Å². The third-order valence-corrected chi connectivity index (χ3v) is 2.71. The van der Waals surface area contributed by atoms with Crippen molar-refractivity contribution >= 4 is 32.7 Å². The maximum Gasteiger partial charge on any atom is 0.158 e. The highest BCUT2D eigenvalue weighted by Crippen LogP contribution is 2.26. The molecular formula is C10H12BrN3. The van der Waals surface area contributed by atoms with Gasteiger partial charge in [-0.25, -0.2) is 0 Å². The number of anilines is 1. The van der Waals surface area contributed by atoms with Crippen LogP contribution >= 0.6 is 15.9 Å². The Hall–Kier alpha value is -1.03. The van der Waals surface area contributed by atoms with Gasteiger partial charge in [-0.1, -0.05) is 15.9 Å². The Bertz CT molecular complexity index is 473. The van der Waals surface area contributed by atoms with Crippen LogP contribution in [-0.4, -0.2) is 23.9 Å². The lowest BCUT2D eigenvalue weighted by Gasteiger charge is -2.07. The van der Waals surface area contributed by atoms with Crippen LogP contribution in [0.15, 0.2) is 22.7 Å². The number of rotatable bonds is 1. The Morgan fingerprint density at radius 3 is 2.71 bits per heavy atom. The van der Waals surface area contributed by atoms with Crippen LogP contribution in [0.5, 0.6) is 0 Å². The summed E-state index contributed by atoms with van der Waals surface area (Å²) < 4.78 is 2.98. The Kier molecular flexibility index (Phi) is 2.23. The molecule has 0 fully saturated rings. The number of hydrogen-bond acceptors (Lipinski definition) is 2. The Balaban J connectivity index is 2.77. The molecular weight excluding hydrogens is 242 g/mol. The minimum Gasteiger partial charge on any atom is -0.361 e. The molecule has 14 heavy (non-hydrogen) atoms. The van der Waals surface area contributed by atoms with Gasteiger partial charge in [-0.05, 0) is 18.2 Å². The van der Waals surface area contributed by atoms with Crippen molar-refractivity contribution in [3.63, 3.8) is 0 Å². The predicted octanol–water partition coefficient (Wildman–Crippen LogP) is 2.40. The number of aryl methyl sites for hydroxylation is 1. The molecule has 1 heterocycles. The molecule has 0 saturated carbocycles. The van der Waals surface area contributed by atoms with Crippen LogP contribution in [0.1, 0.15) is 0 Å². The first-order valence-corrected chi connectivity index (χ1v) is 5.18. The summed E-state index contributed by atoms with van der Waals surface area (Å²) in [6, 6.07) is 6.20. The first-order valence-electron chi connectivity index (χ1n) is 4.39. The molecule has 3 nitrogen and oxygen atoms in total. The van der Waals surface area contributed by atoms with Crippen LogP contribution < -0.4 is 4.90 Å². The Labute approximate surface area is 91.4 Å². The quantitative estimate of drug-likeness (QED) is 0.779. The van der Waals surface area contributed by atoms with E-state index in [0.717, 1.165) is 15.8 Å². The second kappa shape index (κ2) is 3.28. The molecule has 0 atom stereocenters. The van der Waals surface area contributed by atoms with E-state index in [1.54, 1.807) is 0 Å². The van der Waals surface area contributed by atoms with Gasteiger partial charge in [0.1, 0.15) is 0 Å². The standard InChI is InChI=1S/C10H12BrN3/c1-13(2)10-8-5-4-7(11)6-9(8)14(3)12-10/h4-6H,1-3H3. The molecule has 2 rings (SSSR count). The van der Waals surface area contributed by atoms with E-state index >= 15 is 0 Å². The largest absolute Gasteiger partial charge is 0.361 e. The van der Waals surface area contributed by atoms with Gasteiger partial charge in [0.15, 0.2) is 5.82 Å². The van der Waals surface area contributed by atoms with Gasteiger partial charge in [0.2, 0.25) is 0 Å². The average molecular weight is 254 g/mol. The lowest BCUT2D eigenvalue weighted by Crippen LogP contribution is -2.09. The van der Waals surface area contributed by atoms with Crippen molar-refractivity contribution in [1.29, 1.82) is 0 Å². The van der Waals surface area contributed by atoms with Crippen LogP contribution in [-0.2, 0) is 7.05 Å². The van der Waals surface area contributed by atoms with E-state index in [4.69, 9.17) is 0 Å². The third kappa shape index (κ3) is 1.39. The molecule has 0 bridgehead atoms. The van der Waals surface area contributed by atoms with Crippen LogP contribution in [0.4, 0.5) is 5.82 Å². The minimum atomic E-state index is 1.01. The maximum absolute atomic E-state index is 4.45. The second-order valence-corrected chi connectivity index (χ2v) is 4.42. The van der Waals surface area contributed by atoms with Crippen LogP contribution in [0.25, 0.3) is 10.9 Å². The number of fused-ring (bicyclic) bond motifs is 1. The zero-order chi connectivity index (χ0) is 10.3. The lowest BCUT2D eigenvalue weighted by atomic mass is 10.2. The molecule has 0 saturated heterocycles. The van der Waals surface area contributed by atoms with E-state index < -0.39 is 0 Å². The lowest BCUT2D eigenvalue weighted by molar-refractivity contribution is 0.789. The Morgan fingerprint density at radius 1 is 1.36 bits per heavy atom. The highest BCUT2D eigenvalue weighted by Gasteiger charge is 2.09. The van der Waals surface area contributed by atoms with Crippen molar-refractivity contribution < 1.29 is 0 Å². The van der Waals surface area contributed by atoms with Crippen molar-refractivity contribution in [2.45, 2.75) is 0 Å². The molecule has 0 spiro atoms. The number of nitrogens with zero attached hydrogens (tertiary/aromatic N) is 3. The van der Waals surface area contributed by atoms with Crippen molar-refractivity contribution in [3.05, 3.63) is 22.7 Å². The van der Waals surface area contributed by atoms with Gasteiger partial charge in [-0.2, -0.15) is 5.10 Å². The molecule has 0 radical (unpaired) electrons. The molecule has 1 aromatic heterocycles. The number of benzene rings is 1. The number of halogens is 1. The number of hydrogen-bond donors (Lipinski definition) is 0. The van der Waals surface area contributed by atoms with Gasteiger partial charge in [0.05, 0.1) is 5.52 Å². The molecule has 0 aliphatic rings. The fraction of sp³-hybridized carbons (Fsp3) is 0.300. The second-order valence-electron chi connectivity index (χ2n) is 3.50. The van der Waals surface area contributed by atoms with E-state index in [1.807, 2.05) is 36.8 Å². The molecule has 0 unspecified atom stereocenters. The summed E-state index contributed by atoms with van der Waals surface area (Å²) in [5.74, 6) is 1.01. The van der Waals surface area contributed by atoms with E-state index in [9.17, 15) is 0 Å². The SMILES string of the molecule is CN(C)c1nn(C)c2cc(Br)ccc12. The fourth-order valence-corrected chi connectivity index (χ4v) is 1.89. The molecule has 1 aromatic carbocycles. The summed E-state index contributed by atoms with van der Waals surface area (Å²) in [6.07, 6.45) is 0. The van der Waals surface area contributed by atoms with Crippen LogP contribution in [0.2, 0.25) is 0 Å². The highest BCUT2D eigenvalue weighted by molar-refractivity contribution is 9.10. The predicted molar refractivity (Wildman–Crippen MR) is 62.7 cm³/mol. The minimum absolute atomic E-state index is 1.01. The maximum atomic E-state index is 4.45. The third-order valence-electron chi connectivity index (χ3n) is 2.22. The fourth-order valence-electron chi connectivity index (χ4n) is 1.54. The van der Waals surface area contributed by atoms with Crippen LogP contribution in [0, 0.1) is 0 Å². The van der Waals surface area contributed by atoms with Crippen LogP contribution in [0.3, 0.4) is 0 Å². The topological polar surface area (TPSA) is 21.1 Å². The van der Waals surface area contributed by atoms with E-state index in [2.05, 4.69) is 33.2 Å². The van der Waals surface area contributed by atoms with Gasteiger partial charge in [0.25, 0.3) is 0 Å². The van der Waals surface area contributed by atoms with Gasteiger partial charge >= 0.3 is 0 Å². The molecule has 4 heteroatoms. The smallest absolute Gasteiger partial charge is 0.158 e. The summed E-state index contributed by atoms with van der Waals surface area (Å²) in [5.41, 5.74) is 1.14. The van der Waals surface area contributed by atoms with Crippen molar-refractivity contribution in [1.82, 2.24) is 9.78 Å². The summed E-state index contributed by atoms with van der Waals surface area (Å²) in [6.45, 7) is 0. The van der Waals surface area contributed by atoms with Gasteiger partial charge in [0, 0.05) is 31.0 Å². The summed E-state index contributed by atoms with van der Waals surface area (Å²) in [5, 5.41) is 5.63. The zero-order valence-corrected chi connectivity index (χ0v) is 10.0. The molecule has 0 aliphatic heterocycles. The van der Waals surface area contributed by atoms with E-state index in [0.29, 0.717) is 0 Å². The van der Waals surface area contributed by atoms with E-state index in [1.165, 1.54) is 5.39 Å². The average Bonchev–Trinajstić information content (AvgIpc) is 2.44. The normalized spacial score (nSPS) is 10.9. The zero-order valence-electron chi connectivity index (χ0n) is 8.45. The first kappa shape index (κ1) is 9.52. The highest BCUT2D eigenvalue weighted by atomic mass is 79.9. The summed E-state index contributed by atoms with van der Waals surface area (Å²) >= 11 is 3.46. The molecule has 0 N–H and O–H groups in total. The molecule has 0 aliphatic carbocycles. The number of aromatic nitrogens is 2. The summed E-state index contributed by atoms with van der Waals surface area (Å²) in [4.78, 5) is 2.02. The van der Waals surface area contributed by atoms with Crippen molar-refractivity contribution in [2.75, 3.05) is 19.0 Å². The van der Waals surface area contributed by atoms with Gasteiger partial charge < -0.3 is 4.90 Å². The van der Waals surface area contributed by atoms with Gasteiger partial charge in [-0.15, -0.1) is 0 Å². The molecule has 0 amide bonds. The monoisotopic (exact) mass is 253 g/mol. The van der Waals surface area contributed by atoms with E-state index in [-0.39, 0.29) is 0 Å². The molecule has 74 valence electrons.